The summed E-state index contributed by atoms with van der Waals surface area (Å²) in [6, 6.07) is 0. The lowest BCUT2D eigenvalue weighted by atomic mass is 10.0. The van der Waals surface area contributed by atoms with Crippen LogP contribution in [0.2, 0.25) is 0 Å². The molecule has 0 saturated carbocycles. The zero-order valence-corrected chi connectivity index (χ0v) is 14.8. The Hall–Kier alpha value is -1.43. The minimum Gasteiger partial charge on any atom is -0.333 e. The van der Waals surface area contributed by atoms with Crippen molar-refractivity contribution in [2.24, 2.45) is 11.8 Å². The molecule has 2 amide bonds. The molecule has 0 spiro atoms. The quantitative estimate of drug-likeness (QED) is 0.757. The molecule has 0 radical (unpaired) electrons. The highest BCUT2D eigenvalue weighted by molar-refractivity contribution is 7.13. The normalized spacial score (nSPS) is 11.0. The molecular weight excluding hydrogens is 298 g/mol. The molecule has 1 N–H and O–H groups in total. The lowest BCUT2D eigenvalue weighted by Crippen LogP contribution is -2.42. The molecular formula is C16H27N3O2S. The number of hydrogen-bond acceptors (Lipinski definition) is 4. The van der Waals surface area contributed by atoms with Gasteiger partial charge in [0.15, 0.2) is 5.13 Å². The van der Waals surface area contributed by atoms with Gasteiger partial charge in [0.25, 0.3) is 0 Å². The van der Waals surface area contributed by atoms with Crippen LogP contribution < -0.4 is 5.32 Å². The van der Waals surface area contributed by atoms with Crippen LogP contribution >= 0.6 is 11.3 Å². The molecule has 1 heterocycles. The zero-order chi connectivity index (χ0) is 16.5. The van der Waals surface area contributed by atoms with Crippen LogP contribution in [0.5, 0.6) is 0 Å². The van der Waals surface area contributed by atoms with Gasteiger partial charge < -0.3 is 10.2 Å². The Balaban J connectivity index is 2.67. The topological polar surface area (TPSA) is 62.3 Å². The lowest BCUT2D eigenvalue weighted by molar-refractivity contribution is -0.138. The van der Waals surface area contributed by atoms with E-state index in [-0.39, 0.29) is 24.3 Å². The molecule has 0 aliphatic heterocycles. The van der Waals surface area contributed by atoms with Crippen molar-refractivity contribution in [2.75, 3.05) is 18.4 Å². The summed E-state index contributed by atoms with van der Waals surface area (Å²) < 4.78 is 0. The number of nitrogens with one attached hydrogen (secondary N) is 1. The summed E-state index contributed by atoms with van der Waals surface area (Å²) >= 11 is 1.37. The van der Waals surface area contributed by atoms with E-state index in [1.54, 1.807) is 11.1 Å². The first kappa shape index (κ1) is 18.6. The predicted molar refractivity (Wildman–Crippen MR) is 90.9 cm³/mol. The molecule has 0 aromatic carbocycles. The first-order chi connectivity index (χ1) is 10.5. The van der Waals surface area contributed by atoms with Crippen molar-refractivity contribution in [3.63, 3.8) is 0 Å². The summed E-state index contributed by atoms with van der Waals surface area (Å²) in [6.45, 7) is 9.00. The summed E-state index contributed by atoms with van der Waals surface area (Å²) in [4.78, 5) is 30.4. The van der Waals surface area contributed by atoms with Crippen molar-refractivity contribution in [2.45, 2.75) is 47.0 Å². The number of carbonyl (C=O) groups is 2. The number of anilines is 1. The van der Waals surface area contributed by atoms with Crippen LogP contribution in [0.25, 0.3) is 0 Å². The first-order valence-corrected chi connectivity index (χ1v) is 8.83. The SMILES string of the molecule is CCC(CC)C(=O)N(CCC(C)C)CC(=O)Nc1nccs1. The third kappa shape index (κ3) is 6.13. The van der Waals surface area contributed by atoms with E-state index >= 15 is 0 Å². The van der Waals surface area contributed by atoms with Crippen molar-refractivity contribution < 1.29 is 9.59 Å². The van der Waals surface area contributed by atoms with Gasteiger partial charge in [-0.2, -0.15) is 0 Å². The summed E-state index contributed by atoms with van der Waals surface area (Å²) in [5.41, 5.74) is 0. The van der Waals surface area contributed by atoms with Gasteiger partial charge in [-0.25, -0.2) is 4.98 Å². The first-order valence-electron chi connectivity index (χ1n) is 7.96. The fraction of sp³-hybridized carbons (Fsp3) is 0.688. The van der Waals surface area contributed by atoms with E-state index in [1.165, 1.54) is 11.3 Å². The fourth-order valence-corrected chi connectivity index (χ4v) is 2.74. The second kappa shape index (κ2) is 9.56. The molecule has 22 heavy (non-hydrogen) atoms. The van der Waals surface area contributed by atoms with Crippen molar-refractivity contribution in [1.82, 2.24) is 9.88 Å². The molecule has 1 rings (SSSR count). The highest BCUT2D eigenvalue weighted by Gasteiger charge is 2.23. The third-order valence-electron chi connectivity index (χ3n) is 3.64. The smallest absolute Gasteiger partial charge is 0.245 e. The summed E-state index contributed by atoms with van der Waals surface area (Å²) in [5.74, 6) is 0.400. The number of carbonyl (C=O) groups excluding carboxylic acids is 2. The van der Waals surface area contributed by atoms with E-state index < -0.39 is 0 Å². The Morgan fingerprint density at radius 2 is 2.00 bits per heavy atom. The van der Waals surface area contributed by atoms with Crippen LogP contribution in [0.4, 0.5) is 5.13 Å². The maximum Gasteiger partial charge on any atom is 0.245 e. The van der Waals surface area contributed by atoms with Crippen LogP contribution in [0.15, 0.2) is 11.6 Å². The zero-order valence-electron chi connectivity index (χ0n) is 14.0. The second-order valence-electron chi connectivity index (χ2n) is 5.84. The van der Waals surface area contributed by atoms with Crippen molar-refractivity contribution in [1.29, 1.82) is 0 Å². The van der Waals surface area contributed by atoms with Crippen LogP contribution in [0, 0.1) is 11.8 Å². The van der Waals surface area contributed by atoms with Gasteiger partial charge in [0, 0.05) is 24.0 Å². The number of hydrogen-bond donors (Lipinski definition) is 1. The van der Waals surface area contributed by atoms with E-state index in [9.17, 15) is 9.59 Å². The molecule has 1 aromatic rings. The molecule has 0 unspecified atom stereocenters. The van der Waals surface area contributed by atoms with Crippen LogP contribution in [0.1, 0.15) is 47.0 Å². The molecule has 0 aliphatic carbocycles. The molecule has 1 aromatic heterocycles. The van der Waals surface area contributed by atoms with Crippen molar-refractivity contribution in [3.8, 4) is 0 Å². The highest BCUT2D eigenvalue weighted by atomic mass is 32.1. The van der Waals surface area contributed by atoms with Crippen molar-refractivity contribution >= 4 is 28.3 Å². The maximum absolute atomic E-state index is 12.6. The number of amides is 2. The third-order valence-corrected chi connectivity index (χ3v) is 4.32. The Bertz CT molecular complexity index is 456. The van der Waals surface area contributed by atoms with Gasteiger partial charge in [-0.05, 0) is 25.2 Å². The average Bonchev–Trinajstić information content (AvgIpc) is 2.97. The van der Waals surface area contributed by atoms with Crippen LogP contribution in [-0.4, -0.2) is 34.8 Å². The molecule has 6 heteroatoms. The molecule has 0 fully saturated rings. The van der Waals surface area contributed by atoms with E-state index in [0.29, 0.717) is 17.6 Å². The molecule has 0 atom stereocenters. The van der Waals surface area contributed by atoms with Gasteiger partial charge in [0.05, 0.1) is 6.54 Å². The van der Waals surface area contributed by atoms with Crippen molar-refractivity contribution in [3.05, 3.63) is 11.6 Å². The Kier molecular flexibility index (Phi) is 8.09. The molecule has 0 saturated heterocycles. The molecule has 0 aliphatic rings. The molecule has 0 bridgehead atoms. The van der Waals surface area contributed by atoms with Gasteiger partial charge in [-0.15, -0.1) is 11.3 Å². The minimum atomic E-state index is -0.182. The van der Waals surface area contributed by atoms with Gasteiger partial charge in [-0.1, -0.05) is 27.7 Å². The van der Waals surface area contributed by atoms with Gasteiger partial charge >= 0.3 is 0 Å². The number of aromatic nitrogens is 1. The molecule has 5 nitrogen and oxygen atoms in total. The highest BCUT2D eigenvalue weighted by Crippen LogP contribution is 2.15. The Morgan fingerprint density at radius 3 is 2.50 bits per heavy atom. The number of rotatable bonds is 9. The molecule has 124 valence electrons. The predicted octanol–water partition coefficient (Wildman–Crippen LogP) is 3.39. The van der Waals surface area contributed by atoms with Gasteiger partial charge in [0.2, 0.25) is 11.8 Å². The lowest BCUT2D eigenvalue weighted by Gasteiger charge is -2.26. The largest absolute Gasteiger partial charge is 0.333 e. The van der Waals surface area contributed by atoms with E-state index in [0.717, 1.165) is 19.3 Å². The Morgan fingerprint density at radius 1 is 1.32 bits per heavy atom. The Labute approximate surface area is 137 Å². The fourth-order valence-electron chi connectivity index (χ4n) is 2.19. The summed E-state index contributed by atoms with van der Waals surface area (Å²) in [5, 5.41) is 5.12. The minimum absolute atomic E-state index is 0.000162. The monoisotopic (exact) mass is 325 g/mol. The second-order valence-corrected chi connectivity index (χ2v) is 6.74. The maximum atomic E-state index is 12.6. The summed E-state index contributed by atoms with van der Waals surface area (Å²) in [6.07, 6.45) is 4.16. The number of thiazole rings is 1. The van der Waals surface area contributed by atoms with E-state index in [4.69, 9.17) is 0 Å². The van der Waals surface area contributed by atoms with E-state index in [2.05, 4.69) is 24.1 Å². The van der Waals surface area contributed by atoms with Gasteiger partial charge in [-0.3, -0.25) is 9.59 Å². The standard InChI is InChI=1S/C16H27N3O2S/c1-5-13(6-2)15(21)19(9-7-12(3)4)11-14(20)18-16-17-8-10-22-16/h8,10,12-13H,5-7,9,11H2,1-4H3,(H,17,18,20). The summed E-state index contributed by atoms with van der Waals surface area (Å²) in [7, 11) is 0. The number of nitrogens with zero attached hydrogens (tertiary/aromatic N) is 2. The van der Waals surface area contributed by atoms with Crippen LogP contribution in [0.3, 0.4) is 0 Å². The van der Waals surface area contributed by atoms with E-state index in [1.807, 2.05) is 19.2 Å². The average molecular weight is 325 g/mol. The van der Waals surface area contributed by atoms with Crippen LogP contribution in [-0.2, 0) is 9.59 Å². The van der Waals surface area contributed by atoms with Gasteiger partial charge in [0.1, 0.15) is 0 Å².